The van der Waals surface area contributed by atoms with Crippen LogP contribution in [0.3, 0.4) is 0 Å². The van der Waals surface area contributed by atoms with Crippen LogP contribution in [-0.2, 0) is 10.0 Å². The van der Waals surface area contributed by atoms with Crippen molar-refractivity contribution in [3.8, 4) is 5.75 Å². The summed E-state index contributed by atoms with van der Waals surface area (Å²) in [5.41, 5.74) is 1.18. The van der Waals surface area contributed by atoms with Gasteiger partial charge in [0.2, 0.25) is 10.0 Å². The molecule has 3 rings (SSSR count). The Morgan fingerprint density at radius 2 is 1.92 bits per heavy atom. The number of benzene rings is 1. The molecule has 1 aliphatic rings. The number of thiophene rings is 1. The molecule has 7 heteroatoms. The molecule has 0 amide bonds. The fourth-order valence-electron chi connectivity index (χ4n) is 3.18. The monoisotopic (exact) mass is 394 g/mol. The number of nitrogens with one attached hydrogen (secondary N) is 1. The van der Waals surface area contributed by atoms with Crippen LogP contribution < -0.4 is 9.46 Å². The highest BCUT2D eigenvalue weighted by molar-refractivity contribution is 7.89. The molecule has 0 aliphatic carbocycles. The van der Waals surface area contributed by atoms with E-state index in [-0.39, 0.29) is 10.9 Å². The fourth-order valence-corrected chi connectivity index (χ4v) is 4.93. The van der Waals surface area contributed by atoms with E-state index in [2.05, 4.69) is 21.1 Å². The van der Waals surface area contributed by atoms with Crippen LogP contribution in [0.4, 0.5) is 0 Å². The topological polar surface area (TPSA) is 58.6 Å². The van der Waals surface area contributed by atoms with Crippen LogP contribution in [0.5, 0.6) is 5.75 Å². The Morgan fingerprint density at radius 3 is 2.54 bits per heavy atom. The molecular formula is C19H26N2O3S2. The van der Waals surface area contributed by atoms with E-state index < -0.39 is 10.0 Å². The normalized spacial score (nSPS) is 16.7. The Hall–Kier alpha value is -1.41. The second-order valence-corrected chi connectivity index (χ2v) is 9.03. The summed E-state index contributed by atoms with van der Waals surface area (Å²) in [5.74, 6) is 0.694. The lowest BCUT2D eigenvalue weighted by Gasteiger charge is -2.27. The summed E-state index contributed by atoms with van der Waals surface area (Å²) in [7, 11) is -3.54. The van der Waals surface area contributed by atoms with Crippen molar-refractivity contribution < 1.29 is 13.2 Å². The average molecular weight is 395 g/mol. The lowest BCUT2D eigenvalue weighted by atomic mass is 10.1. The third-order valence-electron chi connectivity index (χ3n) is 4.58. The highest BCUT2D eigenvalue weighted by atomic mass is 32.2. The van der Waals surface area contributed by atoms with Gasteiger partial charge in [0.1, 0.15) is 5.75 Å². The van der Waals surface area contributed by atoms with Crippen LogP contribution in [0.2, 0.25) is 0 Å². The summed E-state index contributed by atoms with van der Waals surface area (Å²) < 4.78 is 33.7. The van der Waals surface area contributed by atoms with Gasteiger partial charge in [-0.3, -0.25) is 4.90 Å². The van der Waals surface area contributed by atoms with Crippen LogP contribution in [0.25, 0.3) is 0 Å². The van der Waals surface area contributed by atoms with Crippen LogP contribution in [-0.4, -0.2) is 39.6 Å². The van der Waals surface area contributed by atoms with Gasteiger partial charge in [-0.1, -0.05) is 6.92 Å². The molecule has 0 bridgehead atoms. The maximum Gasteiger partial charge on any atom is 0.240 e. The third kappa shape index (κ3) is 4.85. The number of hydrogen-bond donors (Lipinski definition) is 1. The zero-order valence-electron chi connectivity index (χ0n) is 15.1. The molecule has 1 fully saturated rings. The van der Waals surface area contributed by atoms with Crippen molar-refractivity contribution in [2.24, 2.45) is 0 Å². The van der Waals surface area contributed by atoms with Crippen LogP contribution in [0, 0.1) is 0 Å². The van der Waals surface area contributed by atoms with Crippen molar-refractivity contribution in [1.82, 2.24) is 9.62 Å². The Balaban J connectivity index is 1.67. The minimum absolute atomic E-state index is 0.0886. The van der Waals surface area contributed by atoms with E-state index in [4.69, 9.17) is 4.74 Å². The molecule has 1 saturated heterocycles. The fraction of sp³-hybridized carbons (Fsp3) is 0.474. The first kappa shape index (κ1) is 19.4. The highest BCUT2D eigenvalue weighted by Gasteiger charge is 2.25. The Bertz CT molecular complexity index is 768. The van der Waals surface area contributed by atoms with Crippen LogP contribution >= 0.6 is 11.3 Å². The first-order valence-electron chi connectivity index (χ1n) is 9.09. The number of nitrogens with zero attached hydrogens (tertiary/aromatic N) is 1. The van der Waals surface area contributed by atoms with Gasteiger partial charge < -0.3 is 4.74 Å². The van der Waals surface area contributed by atoms with Gasteiger partial charge in [0, 0.05) is 12.6 Å². The van der Waals surface area contributed by atoms with E-state index in [0.717, 1.165) is 19.5 Å². The van der Waals surface area contributed by atoms with Gasteiger partial charge in [-0.05, 0) is 79.0 Å². The number of ether oxygens (including phenoxy) is 1. The Morgan fingerprint density at radius 1 is 1.19 bits per heavy atom. The zero-order valence-corrected chi connectivity index (χ0v) is 16.7. The van der Waals surface area contributed by atoms with E-state index >= 15 is 0 Å². The van der Waals surface area contributed by atoms with Gasteiger partial charge in [0.25, 0.3) is 0 Å². The van der Waals surface area contributed by atoms with E-state index in [0.29, 0.717) is 18.9 Å². The van der Waals surface area contributed by atoms with Crippen LogP contribution in [0.15, 0.2) is 46.0 Å². The van der Waals surface area contributed by atoms with Crippen molar-refractivity contribution >= 4 is 21.4 Å². The molecule has 5 nitrogen and oxygen atoms in total. The molecule has 1 aromatic carbocycles. The van der Waals surface area contributed by atoms with Crippen LogP contribution in [0.1, 0.15) is 37.8 Å². The molecule has 1 aliphatic heterocycles. The van der Waals surface area contributed by atoms with E-state index in [9.17, 15) is 8.42 Å². The van der Waals surface area contributed by atoms with Crippen molar-refractivity contribution in [3.63, 3.8) is 0 Å². The molecule has 2 aromatic rings. The minimum Gasteiger partial charge on any atom is -0.494 e. The van der Waals surface area contributed by atoms with Gasteiger partial charge in [-0.2, -0.15) is 11.3 Å². The van der Waals surface area contributed by atoms with Crippen molar-refractivity contribution in [2.45, 2.75) is 37.1 Å². The summed E-state index contributed by atoms with van der Waals surface area (Å²) in [4.78, 5) is 2.64. The molecule has 1 unspecified atom stereocenters. The Labute approximate surface area is 160 Å². The molecule has 1 aromatic heterocycles. The van der Waals surface area contributed by atoms with Crippen molar-refractivity contribution in [3.05, 3.63) is 46.7 Å². The average Bonchev–Trinajstić information content (AvgIpc) is 3.35. The van der Waals surface area contributed by atoms with Gasteiger partial charge in [0.05, 0.1) is 11.5 Å². The Kier molecular flexibility index (Phi) is 6.69. The second kappa shape index (κ2) is 8.99. The first-order valence-corrected chi connectivity index (χ1v) is 11.5. The second-order valence-electron chi connectivity index (χ2n) is 6.49. The molecule has 0 spiro atoms. The molecular weight excluding hydrogens is 368 g/mol. The summed E-state index contributed by atoms with van der Waals surface area (Å²) in [6.45, 7) is 5.08. The quantitative estimate of drug-likeness (QED) is 0.705. The van der Waals surface area contributed by atoms with Gasteiger partial charge in [0.15, 0.2) is 0 Å². The number of rotatable bonds is 9. The lowest BCUT2D eigenvalue weighted by molar-refractivity contribution is 0.247. The lowest BCUT2D eigenvalue weighted by Crippen LogP contribution is -2.36. The maximum absolute atomic E-state index is 12.7. The number of hydrogen-bond acceptors (Lipinski definition) is 5. The zero-order chi connectivity index (χ0) is 18.4. The summed E-state index contributed by atoms with van der Waals surface area (Å²) in [5, 5.41) is 4.15. The van der Waals surface area contributed by atoms with Gasteiger partial charge in [-0.25, -0.2) is 13.1 Å². The summed E-state index contributed by atoms with van der Waals surface area (Å²) in [6.07, 6.45) is 3.27. The van der Waals surface area contributed by atoms with Crippen molar-refractivity contribution in [2.75, 3.05) is 26.2 Å². The first-order chi connectivity index (χ1) is 12.6. The predicted octanol–water partition coefficient (Wildman–Crippen LogP) is 3.65. The van der Waals surface area contributed by atoms with Crippen molar-refractivity contribution in [1.29, 1.82) is 0 Å². The van der Waals surface area contributed by atoms with Gasteiger partial charge >= 0.3 is 0 Å². The summed E-state index contributed by atoms with van der Waals surface area (Å²) in [6, 6.07) is 8.79. The standard InChI is InChI=1S/C19H26N2O3S2/c1-2-12-24-17-5-7-18(8-6-17)26(22,23)20-14-19(16-9-13-25-15-16)21-10-3-4-11-21/h5-9,13,15,19-20H,2-4,10-12,14H2,1H3. The molecule has 1 atom stereocenters. The third-order valence-corrected chi connectivity index (χ3v) is 6.72. The molecule has 2 heterocycles. The summed E-state index contributed by atoms with van der Waals surface area (Å²) >= 11 is 1.65. The number of sulfonamides is 1. The van der Waals surface area contributed by atoms with E-state index in [1.54, 1.807) is 35.6 Å². The molecule has 142 valence electrons. The van der Waals surface area contributed by atoms with Gasteiger partial charge in [-0.15, -0.1) is 0 Å². The smallest absolute Gasteiger partial charge is 0.240 e. The van der Waals surface area contributed by atoms with E-state index in [1.165, 1.54) is 18.4 Å². The van der Waals surface area contributed by atoms with E-state index in [1.807, 2.05) is 12.3 Å². The number of likely N-dealkylation sites (tertiary alicyclic amines) is 1. The largest absolute Gasteiger partial charge is 0.494 e. The molecule has 0 saturated carbocycles. The maximum atomic E-state index is 12.7. The highest BCUT2D eigenvalue weighted by Crippen LogP contribution is 2.27. The predicted molar refractivity (Wildman–Crippen MR) is 105 cm³/mol. The minimum atomic E-state index is -3.54. The SMILES string of the molecule is CCCOc1ccc(S(=O)(=O)NCC(c2ccsc2)N2CCCC2)cc1. The molecule has 1 N–H and O–H groups in total. The molecule has 0 radical (unpaired) electrons. The molecule has 26 heavy (non-hydrogen) atoms.